The summed E-state index contributed by atoms with van der Waals surface area (Å²) in [6.07, 6.45) is 1.02. The van der Waals surface area contributed by atoms with E-state index in [-0.39, 0.29) is 17.6 Å². The second-order valence-corrected chi connectivity index (χ2v) is 5.20. The second kappa shape index (κ2) is 4.39. The molecule has 0 spiro atoms. The van der Waals surface area contributed by atoms with Gasteiger partial charge in [0.1, 0.15) is 0 Å². The van der Waals surface area contributed by atoms with E-state index < -0.39 is 6.09 Å². The summed E-state index contributed by atoms with van der Waals surface area (Å²) in [6, 6.07) is -0.0475. The number of piperidine rings is 1. The summed E-state index contributed by atoms with van der Waals surface area (Å²) in [5.74, 6) is 0. The molecule has 2 unspecified atom stereocenters. The quantitative estimate of drug-likeness (QED) is 0.729. The number of carboxylic acid groups (broad SMARTS) is 1. The minimum absolute atomic E-state index is 0.0230. The van der Waals surface area contributed by atoms with Crippen molar-refractivity contribution in [2.24, 2.45) is 5.41 Å². The third-order valence-electron chi connectivity index (χ3n) is 3.01. The summed E-state index contributed by atoms with van der Waals surface area (Å²) in [4.78, 5) is 12.7. The Hall–Kier alpha value is -0.770. The van der Waals surface area contributed by atoms with Crippen LogP contribution in [0, 0.1) is 5.41 Å². The van der Waals surface area contributed by atoms with Crippen LogP contribution in [0.2, 0.25) is 0 Å². The van der Waals surface area contributed by atoms with Crippen LogP contribution < -0.4 is 0 Å². The number of carbonyl (C=O) groups is 1. The maximum absolute atomic E-state index is 11.1. The SMILES string of the molecule is COC1CCCN(C(=O)O)C1C(C)(C)C. The number of nitrogens with zero attached hydrogens (tertiary/aromatic N) is 1. The Morgan fingerprint density at radius 3 is 2.47 bits per heavy atom. The van der Waals surface area contributed by atoms with Crippen molar-refractivity contribution in [1.29, 1.82) is 0 Å². The molecule has 1 amide bonds. The molecule has 1 heterocycles. The van der Waals surface area contributed by atoms with Crippen molar-refractivity contribution in [2.45, 2.75) is 45.8 Å². The molecule has 0 aromatic rings. The van der Waals surface area contributed by atoms with E-state index in [1.165, 1.54) is 4.90 Å². The van der Waals surface area contributed by atoms with Crippen molar-refractivity contribution in [3.05, 3.63) is 0 Å². The van der Waals surface area contributed by atoms with E-state index in [0.29, 0.717) is 6.54 Å². The molecule has 0 aliphatic carbocycles. The van der Waals surface area contributed by atoms with Crippen LogP contribution in [0.3, 0.4) is 0 Å². The van der Waals surface area contributed by atoms with Gasteiger partial charge in [0.25, 0.3) is 0 Å². The van der Waals surface area contributed by atoms with Gasteiger partial charge >= 0.3 is 6.09 Å². The van der Waals surface area contributed by atoms with E-state index in [1.54, 1.807) is 7.11 Å². The van der Waals surface area contributed by atoms with Crippen LogP contribution in [0.5, 0.6) is 0 Å². The second-order valence-electron chi connectivity index (χ2n) is 5.20. The van der Waals surface area contributed by atoms with Crippen LogP contribution in [0.4, 0.5) is 4.79 Å². The normalized spacial score (nSPS) is 27.9. The molecule has 88 valence electrons. The Kier molecular flexibility index (Phi) is 3.60. The van der Waals surface area contributed by atoms with Crippen molar-refractivity contribution in [3.63, 3.8) is 0 Å². The summed E-state index contributed by atoms with van der Waals surface area (Å²) in [6.45, 7) is 6.80. The molecule has 1 aliphatic rings. The zero-order valence-electron chi connectivity index (χ0n) is 9.99. The molecule has 1 N–H and O–H groups in total. The largest absolute Gasteiger partial charge is 0.465 e. The Labute approximate surface area is 91.2 Å². The number of methoxy groups -OCH3 is 1. The predicted octanol–water partition coefficient (Wildman–Crippen LogP) is 2.19. The van der Waals surface area contributed by atoms with Crippen LogP contribution in [-0.2, 0) is 4.74 Å². The molecule has 0 aromatic carbocycles. The van der Waals surface area contributed by atoms with Gasteiger partial charge in [0.05, 0.1) is 12.1 Å². The van der Waals surface area contributed by atoms with E-state index in [2.05, 4.69) is 20.8 Å². The fourth-order valence-corrected chi connectivity index (χ4v) is 2.45. The first-order chi connectivity index (χ1) is 6.88. The van der Waals surface area contributed by atoms with Gasteiger partial charge in [-0.2, -0.15) is 0 Å². The lowest BCUT2D eigenvalue weighted by Gasteiger charge is -2.45. The van der Waals surface area contributed by atoms with Gasteiger partial charge in [-0.15, -0.1) is 0 Å². The van der Waals surface area contributed by atoms with Gasteiger partial charge in [-0.25, -0.2) is 4.79 Å². The number of hydrogen-bond acceptors (Lipinski definition) is 2. The monoisotopic (exact) mass is 215 g/mol. The van der Waals surface area contributed by atoms with E-state index in [4.69, 9.17) is 9.84 Å². The molecular weight excluding hydrogens is 194 g/mol. The van der Waals surface area contributed by atoms with Gasteiger partial charge < -0.3 is 14.7 Å². The summed E-state index contributed by atoms with van der Waals surface area (Å²) in [7, 11) is 1.66. The van der Waals surface area contributed by atoms with Crippen molar-refractivity contribution >= 4 is 6.09 Å². The Bertz CT molecular complexity index is 234. The molecule has 15 heavy (non-hydrogen) atoms. The van der Waals surface area contributed by atoms with Crippen LogP contribution in [0.1, 0.15) is 33.6 Å². The molecule has 0 bridgehead atoms. The van der Waals surface area contributed by atoms with Crippen LogP contribution in [0.15, 0.2) is 0 Å². The lowest BCUT2D eigenvalue weighted by molar-refractivity contribution is -0.0518. The molecule has 1 saturated heterocycles. The van der Waals surface area contributed by atoms with Crippen molar-refractivity contribution in [1.82, 2.24) is 4.90 Å². The van der Waals surface area contributed by atoms with Gasteiger partial charge in [0, 0.05) is 13.7 Å². The Balaban J connectivity index is 2.91. The van der Waals surface area contributed by atoms with Gasteiger partial charge in [-0.3, -0.25) is 0 Å². The van der Waals surface area contributed by atoms with E-state index in [9.17, 15) is 4.79 Å². The fourth-order valence-electron chi connectivity index (χ4n) is 2.45. The summed E-state index contributed by atoms with van der Waals surface area (Å²) >= 11 is 0. The molecular formula is C11H21NO3. The molecule has 4 nitrogen and oxygen atoms in total. The smallest absolute Gasteiger partial charge is 0.407 e. The molecule has 2 atom stereocenters. The highest BCUT2D eigenvalue weighted by Gasteiger charge is 2.41. The number of hydrogen-bond donors (Lipinski definition) is 1. The topological polar surface area (TPSA) is 49.8 Å². The van der Waals surface area contributed by atoms with Crippen LogP contribution >= 0.6 is 0 Å². The molecule has 0 radical (unpaired) electrons. The molecule has 4 heteroatoms. The van der Waals surface area contributed by atoms with E-state index >= 15 is 0 Å². The zero-order valence-corrected chi connectivity index (χ0v) is 9.99. The Morgan fingerprint density at radius 2 is 2.07 bits per heavy atom. The molecule has 1 rings (SSSR count). The number of likely N-dealkylation sites (tertiary alicyclic amines) is 1. The van der Waals surface area contributed by atoms with Gasteiger partial charge in [-0.05, 0) is 18.3 Å². The minimum atomic E-state index is -0.836. The molecule has 0 saturated carbocycles. The van der Waals surface area contributed by atoms with Crippen molar-refractivity contribution in [2.75, 3.05) is 13.7 Å². The highest BCUT2D eigenvalue weighted by atomic mass is 16.5. The van der Waals surface area contributed by atoms with Gasteiger partial charge in [0.2, 0.25) is 0 Å². The molecule has 0 aromatic heterocycles. The van der Waals surface area contributed by atoms with Crippen LogP contribution in [-0.4, -0.2) is 41.9 Å². The maximum Gasteiger partial charge on any atom is 0.407 e. The van der Waals surface area contributed by atoms with Gasteiger partial charge in [0.15, 0.2) is 0 Å². The number of rotatable bonds is 1. The van der Waals surface area contributed by atoms with Crippen molar-refractivity contribution < 1.29 is 14.6 Å². The van der Waals surface area contributed by atoms with Crippen LogP contribution in [0.25, 0.3) is 0 Å². The summed E-state index contributed by atoms with van der Waals surface area (Å²) in [5.41, 5.74) is -0.0838. The highest BCUT2D eigenvalue weighted by Crippen LogP contribution is 2.33. The molecule has 1 fully saturated rings. The predicted molar refractivity (Wildman–Crippen MR) is 58.0 cm³/mol. The first-order valence-corrected chi connectivity index (χ1v) is 5.40. The lowest BCUT2D eigenvalue weighted by atomic mass is 9.79. The third kappa shape index (κ3) is 2.62. The number of ether oxygens (including phenoxy) is 1. The van der Waals surface area contributed by atoms with Crippen molar-refractivity contribution in [3.8, 4) is 0 Å². The average Bonchev–Trinajstić information content (AvgIpc) is 2.15. The average molecular weight is 215 g/mol. The lowest BCUT2D eigenvalue weighted by Crippen LogP contribution is -2.57. The zero-order chi connectivity index (χ0) is 11.6. The first kappa shape index (κ1) is 12.3. The van der Waals surface area contributed by atoms with E-state index in [1.807, 2.05) is 0 Å². The Morgan fingerprint density at radius 1 is 1.47 bits per heavy atom. The van der Waals surface area contributed by atoms with E-state index in [0.717, 1.165) is 12.8 Å². The fraction of sp³-hybridized carbons (Fsp3) is 0.909. The highest BCUT2D eigenvalue weighted by molar-refractivity contribution is 5.65. The maximum atomic E-state index is 11.1. The standard InChI is InChI=1S/C11H21NO3/c1-11(2,3)9-8(15-4)6-5-7-12(9)10(13)14/h8-9H,5-7H2,1-4H3,(H,13,14). The summed E-state index contributed by atoms with van der Waals surface area (Å²) < 4.78 is 5.41. The first-order valence-electron chi connectivity index (χ1n) is 5.40. The summed E-state index contributed by atoms with van der Waals surface area (Å²) in [5, 5.41) is 9.16. The van der Waals surface area contributed by atoms with Gasteiger partial charge in [-0.1, -0.05) is 20.8 Å². The third-order valence-corrected chi connectivity index (χ3v) is 3.01. The minimum Gasteiger partial charge on any atom is -0.465 e. The number of amides is 1. The molecule has 1 aliphatic heterocycles.